The lowest BCUT2D eigenvalue weighted by Crippen LogP contribution is -2.51. The lowest BCUT2D eigenvalue weighted by molar-refractivity contribution is -0.120. The highest BCUT2D eigenvalue weighted by Gasteiger charge is 2.37. The highest BCUT2D eigenvalue weighted by atomic mass is 16.5. The Labute approximate surface area is 141 Å². The van der Waals surface area contributed by atoms with Gasteiger partial charge in [-0.3, -0.25) is 9.59 Å². The van der Waals surface area contributed by atoms with Crippen molar-refractivity contribution in [3.8, 4) is 0 Å². The van der Waals surface area contributed by atoms with Crippen molar-refractivity contribution in [2.24, 2.45) is 5.73 Å². The number of carbonyl (C=O) groups excluding carboxylic acids is 2. The fourth-order valence-electron chi connectivity index (χ4n) is 3.28. The van der Waals surface area contributed by atoms with E-state index >= 15 is 0 Å². The van der Waals surface area contributed by atoms with Crippen LogP contribution in [0.3, 0.4) is 0 Å². The molecule has 2 N–H and O–H groups in total. The maximum Gasteiger partial charge on any atom is 0.257 e. The maximum absolute atomic E-state index is 12.7. The van der Waals surface area contributed by atoms with Crippen LogP contribution in [0.2, 0.25) is 0 Å². The average Bonchev–Trinajstić information content (AvgIpc) is 3.45. The molecule has 1 aromatic rings. The lowest BCUT2D eigenvalue weighted by atomic mass is 9.87. The Bertz CT molecular complexity index is 615. The topological polar surface area (TPSA) is 98.4 Å². The molecule has 0 unspecified atom stereocenters. The molecule has 1 saturated heterocycles. The first-order valence-electron chi connectivity index (χ1n) is 8.48. The molecule has 2 amide bonds. The van der Waals surface area contributed by atoms with Crippen LogP contribution >= 0.6 is 0 Å². The molecule has 0 aromatic carbocycles. The highest BCUT2D eigenvalue weighted by molar-refractivity contribution is 5.93. The molecule has 130 valence electrons. The number of rotatable bonds is 6. The third-order valence-corrected chi connectivity index (χ3v) is 4.95. The fourth-order valence-corrected chi connectivity index (χ4v) is 3.28. The van der Waals surface area contributed by atoms with Crippen LogP contribution in [-0.2, 0) is 9.53 Å². The molecular weight excluding hydrogens is 308 g/mol. The zero-order valence-corrected chi connectivity index (χ0v) is 14.0. The number of hydrogen-bond donors (Lipinski definition) is 1. The average molecular weight is 332 g/mol. The Morgan fingerprint density at radius 1 is 1.38 bits per heavy atom. The molecule has 0 bridgehead atoms. The van der Waals surface area contributed by atoms with Crippen LogP contribution < -0.4 is 5.73 Å². The van der Waals surface area contributed by atoms with E-state index in [1.807, 2.05) is 0 Å². The Balaban J connectivity index is 1.68. The molecule has 2 aliphatic rings. The van der Waals surface area contributed by atoms with Gasteiger partial charge in [-0.1, -0.05) is 0 Å². The summed E-state index contributed by atoms with van der Waals surface area (Å²) < 4.78 is 5.67. The quantitative estimate of drug-likeness (QED) is 0.845. The first-order valence-corrected chi connectivity index (χ1v) is 8.48. The minimum absolute atomic E-state index is 0.0856. The first-order chi connectivity index (χ1) is 11.5. The van der Waals surface area contributed by atoms with Gasteiger partial charge >= 0.3 is 0 Å². The molecule has 2 heterocycles. The van der Waals surface area contributed by atoms with E-state index in [1.54, 1.807) is 24.4 Å². The SMILES string of the molecule is CO[C@@]1(CCC(N)=O)CCCN(C(=O)c2cnc(C3CC3)nc2)C1. The van der Waals surface area contributed by atoms with Crippen molar-refractivity contribution in [1.29, 1.82) is 0 Å². The maximum atomic E-state index is 12.7. The minimum atomic E-state index is -0.502. The lowest BCUT2D eigenvalue weighted by Gasteiger charge is -2.41. The van der Waals surface area contributed by atoms with Gasteiger partial charge in [-0.15, -0.1) is 0 Å². The van der Waals surface area contributed by atoms with Crippen molar-refractivity contribution >= 4 is 11.8 Å². The summed E-state index contributed by atoms with van der Waals surface area (Å²) in [4.78, 5) is 34.2. The fraction of sp³-hybridized carbons (Fsp3) is 0.647. The molecule has 3 rings (SSSR count). The Morgan fingerprint density at radius 2 is 2.08 bits per heavy atom. The second-order valence-corrected chi connectivity index (χ2v) is 6.79. The summed E-state index contributed by atoms with van der Waals surface area (Å²) in [7, 11) is 1.63. The minimum Gasteiger partial charge on any atom is -0.376 e. The Hall–Kier alpha value is -2.02. The highest BCUT2D eigenvalue weighted by Crippen LogP contribution is 2.37. The molecule has 0 radical (unpaired) electrons. The van der Waals surface area contributed by atoms with Gasteiger partial charge in [0.25, 0.3) is 5.91 Å². The van der Waals surface area contributed by atoms with Crippen molar-refractivity contribution in [3.63, 3.8) is 0 Å². The number of primary amides is 1. The van der Waals surface area contributed by atoms with E-state index in [4.69, 9.17) is 10.5 Å². The number of likely N-dealkylation sites (tertiary alicyclic amines) is 1. The number of ether oxygens (including phenoxy) is 1. The van der Waals surface area contributed by atoms with Gasteiger partial charge in [0.1, 0.15) is 5.82 Å². The van der Waals surface area contributed by atoms with E-state index in [0.29, 0.717) is 31.0 Å². The zero-order valence-electron chi connectivity index (χ0n) is 14.0. The van der Waals surface area contributed by atoms with E-state index in [2.05, 4.69) is 9.97 Å². The van der Waals surface area contributed by atoms with Crippen LogP contribution in [0.5, 0.6) is 0 Å². The van der Waals surface area contributed by atoms with E-state index < -0.39 is 5.60 Å². The number of hydrogen-bond acceptors (Lipinski definition) is 5. The van der Waals surface area contributed by atoms with Crippen molar-refractivity contribution in [2.45, 2.75) is 50.0 Å². The Morgan fingerprint density at radius 3 is 2.67 bits per heavy atom. The Kier molecular flexibility index (Phi) is 4.80. The summed E-state index contributed by atoms with van der Waals surface area (Å²) in [6.07, 6.45) is 7.95. The summed E-state index contributed by atoms with van der Waals surface area (Å²) in [6.45, 7) is 1.13. The summed E-state index contributed by atoms with van der Waals surface area (Å²) in [5.74, 6) is 0.869. The van der Waals surface area contributed by atoms with Crippen molar-refractivity contribution in [3.05, 3.63) is 23.8 Å². The number of carbonyl (C=O) groups is 2. The molecule has 1 aromatic heterocycles. The van der Waals surface area contributed by atoms with Gasteiger partial charge in [0, 0.05) is 44.9 Å². The summed E-state index contributed by atoms with van der Waals surface area (Å²) in [6, 6.07) is 0. The van der Waals surface area contributed by atoms with E-state index in [1.165, 1.54) is 0 Å². The van der Waals surface area contributed by atoms with E-state index in [9.17, 15) is 9.59 Å². The van der Waals surface area contributed by atoms with Gasteiger partial charge < -0.3 is 15.4 Å². The second kappa shape index (κ2) is 6.84. The summed E-state index contributed by atoms with van der Waals surface area (Å²) in [5.41, 5.74) is 5.26. The number of nitrogens with two attached hydrogens (primary N) is 1. The number of nitrogens with zero attached hydrogens (tertiary/aromatic N) is 3. The number of amides is 2. The van der Waals surface area contributed by atoms with Gasteiger partial charge in [0.2, 0.25) is 5.91 Å². The van der Waals surface area contributed by atoms with Crippen molar-refractivity contribution in [2.75, 3.05) is 20.2 Å². The summed E-state index contributed by atoms with van der Waals surface area (Å²) in [5, 5.41) is 0. The van der Waals surface area contributed by atoms with Crippen LogP contribution in [0.4, 0.5) is 0 Å². The normalized spacial score (nSPS) is 24.0. The van der Waals surface area contributed by atoms with Gasteiger partial charge in [0.15, 0.2) is 0 Å². The number of methoxy groups -OCH3 is 1. The number of piperidine rings is 1. The van der Waals surface area contributed by atoms with Crippen LogP contribution in [-0.4, -0.2) is 52.5 Å². The first kappa shape index (κ1) is 16.8. The molecule has 0 spiro atoms. The molecule has 1 saturated carbocycles. The monoisotopic (exact) mass is 332 g/mol. The van der Waals surface area contributed by atoms with E-state index in [-0.39, 0.29) is 18.2 Å². The van der Waals surface area contributed by atoms with Gasteiger partial charge in [-0.05, 0) is 32.1 Å². The van der Waals surface area contributed by atoms with Crippen LogP contribution in [0.15, 0.2) is 12.4 Å². The van der Waals surface area contributed by atoms with Crippen LogP contribution in [0.25, 0.3) is 0 Å². The van der Waals surface area contributed by atoms with Crippen LogP contribution in [0, 0.1) is 0 Å². The largest absolute Gasteiger partial charge is 0.376 e. The smallest absolute Gasteiger partial charge is 0.257 e. The third-order valence-electron chi connectivity index (χ3n) is 4.95. The molecule has 24 heavy (non-hydrogen) atoms. The number of aromatic nitrogens is 2. The second-order valence-electron chi connectivity index (χ2n) is 6.79. The van der Waals surface area contributed by atoms with Crippen LogP contribution in [0.1, 0.15) is 60.6 Å². The molecule has 7 heteroatoms. The van der Waals surface area contributed by atoms with E-state index in [0.717, 1.165) is 31.5 Å². The molecular formula is C17H24N4O3. The predicted molar refractivity (Wildman–Crippen MR) is 87.3 cm³/mol. The molecule has 2 fully saturated rings. The molecule has 1 aliphatic carbocycles. The zero-order chi connectivity index (χ0) is 17.2. The van der Waals surface area contributed by atoms with Crippen molar-refractivity contribution < 1.29 is 14.3 Å². The van der Waals surface area contributed by atoms with Gasteiger partial charge in [-0.2, -0.15) is 0 Å². The van der Waals surface area contributed by atoms with Gasteiger partial charge in [0.05, 0.1) is 11.2 Å². The molecule has 1 atom stereocenters. The predicted octanol–water partition coefficient (Wildman–Crippen LogP) is 1.24. The molecule has 1 aliphatic heterocycles. The standard InChI is InChI=1S/C17H24N4O3/c1-24-17(7-5-14(18)22)6-2-8-21(11-17)16(23)13-9-19-15(20-10-13)12-3-4-12/h9-10,12H,2-8,11H2,1H3,(H2,18,22)/t17-/m1/s1. The van der Waals surface area contributed by atoms with Gasteiger partial charge in [-0.25, -0.2) is 9.97 Å². The summed E-state index contributed by atoms with van der Waals surface area (Å²) >= 11 is 0. The third kappa shape index (κ3) is 3.72. The molecule has 7 nitrogen and oxygen atoms in total. The van der Waals surface area contributed by atoms with Crippen molar-refractivity contribution in [1.82, 2.24) is 14.9 Å².